The molecule has 1 N–H and O–H groups in total. The average molecular weight is 326 g/mol. The summed E-state index contributed by atoms with van der Waals surface area (Å²) in [5.41, 5.74) is 0. The summed E-state index contributed by atoms with van der Waals surface area (Å²) in [6.45, 7) is 3.24. The third-order valence-corrected chi connectivity index (χ3v) is 3.01. The molecule has 0 spiro atoms. The monoisotopic (exact) mass is 326 g/mol. The first kappa shape index (κ1) is 20.7. The Hall–Kier alpha value is -1.31. The number of amides is 1. The molecule has 0 saturated heterocycles. The second-order valence-corrected chi connectivity index (χ2v) is 5.03. The Morgan fingerprint density at radius 3 is 2.32 bits per heavy atom. The van der Waals surface area contributed by atoms with Crippen LogP contribution in [0.5, 0.6) is 0 Å². The molecule has 22 heavy (non-hydrogen) atoms. The SMILES string of the molecule is CCOC(=O)CCCCCCN(C)CCNC(=O)C(F)(F)F. The predicted molar refractivity (Wildman–Crippen MR) is 76.3 cm³/mol. The number of rotatable bonds is 11. The van der Waals surface area contributed by atoms with E-state index in [2.05, 4.69) is 0 Å². The van der Waals surface area contributed by atoms with Gasteiger partial charge in [0.2, 0.25) is 0 Å². The largest absolute Gasteiger partial charge is 0.471 e. The fourth-order valence-electron chi connectivity index (χ4n) is 1.81. The third kappa shape index (κ3) is 11.4. The van der Waals surface area contributed by atoms with Crippen LogP contribution in [0.2, 0.25) is 0 Å². The van der Waals surface area contributed by atoms with Gasteiger partial charge in [0.1, 0.15) is 0 Å². The van der Waals surface area contributed by atoms with Crippen molar-refractivity contribution < 1.29 is 27.5 Å². The molecule has 0 unspecified atom stereocenters. The number of unbranched alkanes of at least 4 members (excludes halogenated alkanes) is 3. The fraction of sp³-hybridized carbons (Fsp3) is 0.857. The van der Waals surface area contributed by atoms with E-state index < -0.39 is 12.1 Å². The molecule has 1 amide bonds. The molecule has 0 aliphatic carbocycles. The first-order valence-electron chi connectivity index (χ1n) is 7.46. The molecule has 5 nitrogen and oxygen atoms in total. The number of hydrogen-bond donors (Lipinski definition) is 1. The number of halogens is 3. The number of nitrogens with one attached hydrogen (secondary N) is 1. The molecule has 0 fully saturated rings. The standard InChI is InChI=1S/C14H25F3N2O3/c1-3-22-12(20)8-6-4-5-7-10-19(2)11-9-18-13(21)14(15,16)17/h3-11H2,1-2H3,(H,18,21). The van der Waals surface area contributed by atoms with E-state index in [1.54, 1.807) is 14.0 Å². The maximum atomic E-state index is 11.9. The number of carbonyl (C=O) groups is 2. The second kappa shape index (κ2) is 11.3. The molecule has 0 saturated carbocycles. The highest BCUT2D eigenvalue weighted by atomic mass is 19.4. The smallest absolute Gasteiger partial charge is 0.466 e. The van der Waals surface area contributed by atoms with Crippen molar-refractivity contribution in [2.45, 2.75) is 45.2 Å². The van der Waals surface area contributed by atoms with Crippen LogP contribution in [0.1, 0.15) is 39.0 Å². The molecule has 130 valence electrons. The Morgan fingerprint density at radius 2 is 1.73 bits per heavy atom. The summed E-state index contributed by atoms with van der Waals surface area (Å²) in [6.07, 6.45) is -0.864. The molecular formula is C14H25F3N2O3. The lowest BCUT2D eigenvalue weighted by Gasteiger charge is -2.17. The Morgan fingerprint density at radius 1 is 1.09 bits per heavy atom. The van der Waals surface area contributed by atoms with Crippen molar-refractivity contribution in [2.75, 3.05) is 33.3 Å². The zero-order chi connectivity index (χ0) is 17.0. The van der Waals surface area contributed by atoms with Crippen LogP contribution in [0, 0.1) is 0 Å². The lowest BCUT2D eigenvalue weighted by Crippen LogP contribution is -2.40. The third-order valence-electron chi connectivity index (χ3n) is 3.01. The van der Waals surface area contributed by atoms with Crippen LogP contribution in [-0.4, -0.2) is 56.2 Å². The van der Waals surface area contributed by atoms with E-state index in [1.165, 1.54) is 0 Å². The van der Waals surface area contributed by atoms with E-state index in [9.17, 15) is 22.8 Å². The van der Waals surface area contributed by atoms with Crippen molar-refractivity contribution in [3.63, 3.8) is 0 Å². The van der Waals surface area contributed by atoms with Crippen LogP contribution in [0.3, 0.4) is 0 Å². The van der Waals surface area contributed by atoms with Crippen molar-refractivity contribution in [3.8, 4) is 0 Å². The number of likely N-dealkylation sites (N-methyl/N-ethyl adjacent to an activating group) is 1. The molecule has 0 bridgehead atoms. The van der Waals surface area contributed by atoms with Gasteiger partial charge in [-0.05, 0) is 33.4 Å². The van der Waals surface area contributed by atoms with Crippen LogP contribution < -0.4 is 5.32 Å². The zero-order valence-corrected chi connectivity index (χ0v) is 13.2. The predicted octanol–water partition coefficient (Wildman–Crippen LogP) is 2.11. The minimum absolute atomic E-state index is 0.0301. The van der Waals surface area contributed by atoms with Gasteiger partial charge in [0.25, 0.3) is 0 Å². The molecule has 0 heterocycles. The maximum Gasteiger partial charge on any atom is 0.471 e. The number of nitrogens with zero attached hydrogens (tertiary/aromatic N) is 1. The zero-order valence-electron chi connectivity index (χ0n) is 13.2. The van der Waals surface area contributed by atoms with Gasteiger partial charge in [-0.3, -0.25) is 9.59 Å². The van der Waals surface area contributed by atoms with Crippen LogP contribution in [0.25, 0.3) is 0 Å². The van der Waals surface area contributed by atoms with Crippen molar-refractivity contribution in [3.05, 3.63) is 0 Å². The highest BCUT2D eigenvalue weighted by Gasteiger charge is 2.38. The summed E-state index contributed by atoms with van der Waals surface area (Å²) in [4.78, 5) is 23.5. The van der Waals surface area contributed by atoms with Gasteiger partial charge >= 0.3 is 18.1 Å². The minimum atomic E-state index is -4.82. The number of alkyl halides is 3. The van der Waals surface area contributed by atoms with Gasteiger partial charge in [-0.2, -0.15) is 13.2 Å². The number of carbonyl (C=O) groups excluding carboxylic acids is 2. The van der Waals surface area contributed by atoms with E-state index in [1.807, 2.05) is 10.2 Å². The van der Waals surface area contributed by atoms with Crippen molar-refractivity contribution in [2.24, 2.45) is 0 Å². The van der Waals surface area contributed by atoms with Gasteiger partial charge in [-0.1, -0.05) is 12.8 Å². The molecular weight excluding hydrogens is 301 g/mol. The van der Waals surface area contributed by atoms with Crippen molar-refractivity contribution in [1.29, 1.82) is 0 Å². The first-order chi connectivity index (χ1) is 10.3. The topological polar surface area (TPSA) is 58.6 Å². The van der Waals surface area contributed by atoms with Crippen LogP contribution in [0.15, 0.2) is 0 Å². The molecule has 0 aromatic rings. The second-order valence-electron chi connectivity index (χ2n) is 5.03. The minimum Gasteiger partial charge on any atom is -0.466 e. The normalized spacial score (nSPS) is 11.5. The van der Waals surface area contributed by atoms with Gasteiger partial charge in [0, 0.05) is 19.5 Å². The van der Waals surface area contributed by atoms with Gasteiger partial charge in [0.15, 0.2) is 0 Å². The van der Waals surface area contributed by atoms with Crippen LogP contribution >= 0.6 is 0 Å². The van der Waals surface area contributed by atoms with E-state index in [4.69, 9.17) is 4.74 Å². The molecule has 0 aliphatic heterocycles. The van der Waals surface area contributed by atoms with E-state index in [0.717, 1.165) is 32.2 Å². The van der Waals surface area contributed by atoms with Gasteiger partial charge in [0.05, 0.1) is 6.61 Å². The molecule has 0 aromatic carbocycles. The Labute approximate surface area is 129 Å². The lowest BCUT2D eigenvalue weighted by atomic mass is 10.1. The summed E-state index contributed by atoms with van der Waals surface area (Å²) >= 11 is 0. The summed E-state index contributed by atoms with van der Waals surface area (Å²) in [5, 5.41) is 1.83. The molecule has 0 rings (SSSR count). The first-order valence-corrected chi connectivity index (χ1v) is 7.46. The van der Waals surface area contributed by atoms with Gasteiger partial charge in [-0.25, -0.2) is 0 Å². The molecule has 0 atom stereocenters. The van der Waals surface area contributed by atoms with E-state index in [-0.39, 0.29) is 12.5 Å². The van der Waals surface area contributed by atoms with Gasteiger partial charge in [-0.15, -0.1) is 0 Å². The summed E-state index contributed by atoms with van der Waals surface area (Å²) in [6, 6.07) is 0. The molecule has 0 radical (unpaired) electrons. The number of esters is 1. The molecule has 0 aliphatic rings. The highest BCUT2D eigenvalue weighted by Crippen LogP contribution is 2.13. The van der Waals surface area contributed by atoms with E-state index in [0.29, 0.717) is 19.6 Å². The van der Waals surface area contributed by atoms with Crippen LogP contribution in [0.4, 0.5) is 13.2 Å². The quantitative estimate of drug-likeness (QED) is 0.467. The van der Waals surface area contributed by atoms with Crippen molar-refractivity contribution >= 4 is 11.9 Å². The summed E-state index contributed by atoms with van der Waals surface area (Å²) in [5.74, 6) is -2.08. The molecule has 0 aromatic heterocycles. The number of ether oxygens (including phenoxy) is 1. The average Bonchev–Trinajstić information content (AvgIpc) is 2.41. The summed E-state index contributed by atoms with van der Waals surface area (Å²) in [7, 11) is 1.79. The fourth-order valence-corrected chi connectivity index (χ4v) is 1.81. The van der Waals surface area contributed by atoms with Crippen LogP contribution in [-0.2, 0) is 14.3 Å². The molecule has 8 heteroatoms. The maximum absolute atomic E-state index is 11.9. The van der Waals surface area contributed by atoms with Gasteiger partial charge < -0.3 is 15.0 Å². The highest BCUT2D eigenvalue weighted by molar-refractivity contribution is 5.81. The Balaban J connectivity index is 3.49. The lowest BCUT2D eigenvalue weighted by molar-refractivity contribution is -0.173. The number of hydrogen-bond acceptors (Lipinski definition) is 4. The Bertz CT molecular complexity index is 336. The Kier molecular flexibility index (Phi) is 10.6. The van der Waals surface area contributed by atoms with E-state index >= 15 is 0 Å². The van der Waals surface area contributed by atoms with Crippen molar-refractivity contribution in [1.82, 2.24) is 10.2 Å². The summed E-state index contributed by atoms with van der Waals surface area (Å²) < 4.78 is 40.6.